The highest BCUT2D eigenvalue weighted by Crippen LogP contribution is 2.16. The molecule has 1 atom stereocenters. The lowest BCUT2D eigenvalue weighted by Gasteiger charge is -2.32. The molecular formula is C15H24BNO3. The van der Waals surface area contributed by atoms with E-state index >= 15 is 0 Å². The van der Waals surface area contributed by atoms with E-state index in [2.05, 4.69) is 11.8 Å². The molecule has 0 bridgehead atoms. The molecule has 20 heavy (non-hydrogen) atoms. The van der Waals surface area contributed by atoms with Crippen LogP contribution in [0.1, 0.15) is 31.7 Å². The highest BCUT2D eigenvalue weighted by Gasteiger charge is 2.20. The van der Waals surface area contributed by atoms with Gasteiger partial charge in [-0.3, -0.25) is 4.90 Å². The van der Waals surface area contributed by atoms with E-state index in [-0.39, 0.29) is 0 Å². The predicted octanol–water partition coefficient (Wildman–Crippen LogP) is 0.757. The summed E-state index contributed by atoms with van der Waals surface area (Å²) in [5.41, 5.74) is 1.67. The van der Waals surface area contributed by atoms with Gasteiger partial charge in [-0.05, 0) is 36.8 Å². The van der Waals surface area contributed by atoms with Gasteiger partial charge in [0.25, 0.3) is 0 Å². The van der Waals surface area contributed by atoms with E-state index in [1.165, 1.54) is 0 Å². The lowest BCUT2D eigenvalue weighted by atomic mass is 9.79. The van der Waals surface area contributed by atoms with Gasteiger partial charge in [0, 0.05) is 19.7 Å². The number of benzene rings is 1. The Labute approximate surface area is 121 Å². The van der Waals surface area contributed by atoms with Gasteiger partial charge in [0.05, 0.1) is 6.10 Å². The van der Waals surface area contributed by atoms with Crippen molar-refractivity contribution in [1.29, 1.82) is 0 Å². The van der Waals surface area contributed by atoms with Crippen LogP contribution in [0.15, 0.2) is 24.3 Å². The van der Waals surface area contributed by atoms with Crippen molar-refractivity contribution in [3.63, 3.8) is 0 Å². The number of nitrogens with zero attached hydrogens (tertiary/aromatic N) is 1. The van der Waals surface area contributed by atoms with Gasteiger partial charge >= 0.3 is 7.12 Å². The molecule has 2 N–H and O–H groups in total. The summed E-state index contributed by atoms with van der Waals surface area (Å²) in [5, 5.41) is 18.4. The molecule has 1 unspecified atom stereocenters. The monoisotopic (exact) mass is 277 g/mol. The maximum atomic E-state index is 9.22. The first-order valence-corrected chi connectivity index (χ1v) is 7.48. The molecule has 1 aliphatic rings. The maximum absolute atomic E-state index is 9.22. The number of ether oxygens (including phenoxy) is 1. The molecule has 2 rings (SSSR count). The van der Waals surface area contributed by atoms with E-state index in [9.17, 15) is 10.0 Å². The summed E-state index contributed by atoms with van der Waals surface area (Å²) in [6.45, 7) is 5.85. The lowest BCUT2D eigenvalue weighted by Crippen LogP contribution is -2.39. The lowest BCUT2D eigenvalue weighted by molar-refractivity contribution is -0.00222. The predicted molar refractivity (Wildman–Crippen MR) is 80.8 cm³/mol. The molecule has 1 saturated heterocycles. The Hall–Kier alpha value is -0.875. The van der Waals surface area contributed by atoms with Crippen LogP contribution in [-0.4, -0.2) is 47.9 Å². The fraction of sp³-hybridized carbons (Fsp3) is 0.600. The van der Waals surface area contributed by atoms with Crippen LogP contribution in [0.4, 0.5) is 0 Å². The molecule has 4 nitrogen and oxygen atoms in total. The summed E-state index contributed by atoms with van der Waals surface area (Å²) >= 11 is 0. The Bertz CT molecular complexity index is 414. The fourth-order valence-electron chi connectivity index (χ4n) is 2.69. The van der Waals surface area contributed by atoms with Gasteiger partial charge in [-0.1, -0.05) is 31.2 Å². The Balaban J connectivity index is 1.90. The second-order valence-electron chi connectivity index (χ2n) is 5.49. The molecule has 1 aromatic carbocycles. The minimum Gasteiger partial charge on any atom is -0.423 e. The van der Waals surface area contributed by atoms with E-state index in [1.807, 2.05) is 18.2 Å². The largest absolute Gasteiger partial charge is 0.488 e. The topological polar surface area (TPSA) is 52.9 Å². The van der Waals surface area contributed by atoms with Crippen LogP contribution in [-0.2, 0) is 11.3 Å². The molecule has 0 amide bonds. The number of rotatable bonds is 6. The first-order chi connectivity index (χ1) is 9.69. The molecule has 1 aliphatic heterocycles. The molecule has 1 fully saturated rings. The van der Waals surface area contributed by atoms with E-state index < -0.39 is 7.12 Å². The molecule has 0 radical (unpaired) electrons. The average Bonchev–Trinajstić information content (AvgIpc) is 2.46. The van der Waals surface area contributed by atoms with Crippen molar-refractivity contribution in [2.24, 2.45) is 0 Å². The van der Waals surface area contributed by atoms with Crippen LogP contribution in [0.25, 0.3) is 0 Å². The minimum atomic E-state index is -1.39. The summed E-state index contributed by atoms with van der Waals surface area (Å²) in [7, 11) is -1.39. The van der Waals surface area contributed by atoms with Gasteiger partial charge < -0.3 is 14.8 Å². The smallest absolute Gasteiger partial charge is 0.423 e. The zero-order valence-corrected chi connectivity index (χ0v) is 12.2. The third kappa shape index (κ3) is 4.60. The fourth-order valence-corrected chi connectivity index (χ4v) is 2.69. The molecule has 5 heteroatoms. The highest BCUT2D eigenvalue weighted by atomic mass is 16.5. The van der Waals surface area contributed by atoms with Gasteiger partial charge in [-0.25, -0.2) is 0 Å². The molecule has 110 valence electrons. The van der Waals surface area contributed by atoms with Crippen molar-refractivity contribution in [3.8, 4) is 0 Å². The number of hydrogen-bond acceptors (Lipinski definition) is 4. The second-order valence-corrected chi connectivity index (χ2v) is 5.49. The van der Waals surface area contributed by atoms with Gasteiger partial charge in [-0.2, -0.15) is 0 Å². The first kappa shape index (κ1) is 15.5. The highest BCUT2D eigenvalue weighted by molar-refractivity contribution is 6.58. The molecule has 0 aromatic heterocycles. The van der Waals surface area contributed by atoms with Crippen molar-refractivity contribution in [2.45, 2.75) is 38.8 Å². The van der Waals surface area contributed by atoms with Crippen molar-refractivity contribution in [1.82, 2.24) is 4.90 Å². The zero-order chi connectivity index (χ0) is 14.4. The zero-order valence-electron chi connectivity index (χ0n) is 12.2. The minimum absolute atomic E-state index is 0.343. The van der Waals surface area contributed by atoms with Gasteiger partial charge in [-0.15, -0.1) is 0 Å². The molecular weight excluding hydrogens is 253 g/mol. The third-order valence-corrected chi connectivity index (χ3v) is 3.68. The van der Waals surface area contributed by atoms with Crippen LogP contribution in [0.3, 0.4) is 0 Å². The average molecular weight is 277 g/mol. The normalized spacial score (nSPS) is 20.1. The van der Waals surface area contributed by atoms with E-state index in [0.29, 0.717) is 11.6 Å². The van der Waals surface area contributed by atoms with Gasteiger partial charge in [0.1, 0.15) is 0 Å². The van der Waals surface area contributed by atoms with E-state index in [0.717, 1.165) is 51.1 Å². The third-order valence-electron chi connectivity index (χ3n) is 3.68. The number of hydrogen-bond donors (Lipinski definition) is 2. The number of piperidine rings is 1. The van der Waals surface area contributed by atoms with Gasteiger partial charge in [0.15, 0.2) is 0 Å². The van der Waals surface area contributed by atoms with Crippen molar-refractivity contribution < 1.29 is 14.8 Å². The standard InChI is InChI=1S/C15H24BNO3/c1-2-9-20-15-7-4-8-17(12-15)11-13-5-3-6-14(10-13)16(18)19/h3,5-6,10,15,18-19H,2,4,7-9,11-12H2,1H3. The first-order valence-electron chi connectivity index (χ1n) is 7.48. The number of likely N-dealkylation sites (tertiary alicyclic amines) is 1. The SMILES string of the molecule is CCCOC1CCCN(Cc2cccc(B(O)O)c2)C1. The molecule has 0 spiro atoms. The van der Waals surface area contributed by atoms with Crippen molar-refractivity contribution in [3.05, 3.63) is 29.8 Å². The summed E-state index contributed by atoms with van der Waals surface area (Å²) in [6.07, 6.45) is 3.71. The van der Waals surface area contributed by atoms with Crippen LogP contribution >= 0.6 is 0 Å². The summed E-state index contributed by atoms with van der Waals surface area (Å²) in [5.74, 6) is 0. The summed E-state index contributed by atoms with van der Waals surface area (Å²) in [6, 6.07) is 7.50. The van der Waals surface area contributed by atoms with E-state index in [1.54, 1.807) is 6.07 Å². The van der Waals surface area contributed by atoms with Crippen molar-refractivity contribution >= 4 is 12.6 Å². The van der Waals surface area contributed by atoms with Crippen LogP contribution in [0, 0.1) is 0 Å². The van der Waals surface area contributed by atoms with Crippen LogP contribution in [0.5, 0.6) is 0 Å². The molecule has 0 saturated carbocycles. The summed E-state index contributed by atoms with van der Waals surface area (Å²) in [4.78, 5) is 2.38. The Morgan fingerprint density at radius 1 is 1.40 bits per heavy atom. The summed E-state index contributed by atoms with van der Waals surface area (Å²) < 4.78 is 5.84. The van der Waals surface area contributed by atoms with Gasteiger partial charge in [0.2, 0.25) is 0 Å². The van der Waals surface area contributed by atoms with E-state index in [4.69, 9.17) is 4.74 Å². The quantitative estimate of drug-likeness (QED) is 0.754. The molecule has 0 aliphatic carbocycles. The van der Waals surface area contributed by atoms with Crippen LogP contribution < -0.4 is 5.46 Å². The maximum Gasteiger partial charge on any atom is 0.488 e. The molecule has 1 aromatic rings. The Kier molecular flexibility index (Phi) is 6.04. The van der Waals surface area contributed by atoms with Crippen LogP contribution in [0.2, 0.25) is 0 Å². The Morgan fingerprint density at radius 2 is 2.25 bits per heavy atom. The second kappa shape index (κ2) is 7.79. The van der Waals surface area contributed by atoms with Crippen molar-refractivity contribution in [2.75, 3.05) is 19.7 Å². The Morgan fingerprint density at radius 3 is 3.00 bits per heavy atom. The molecule has 1 heterocycles.